The van der Waals surface area contributed by atoms with Gasteiger partial charge in [0.05, 0.1) is 6.61 Å². The lowest BCUT2D eigenvalue weighted by Gasteiger charge is -2.17. The number of nitrogen functional groups attached to an aromatic ring is 1. The molecule has 0 saturated carbocycles. The van der Waals surface area contributed by atoms with Gasteiger partial charge < -0.3 is 9.64 Å². The zero-order valence-corrected chi connectivity index (χ0v) is 11.8. The highest BCUT2D eigenvalue weighted by atomic mass is 16.5. The van der Waals surface area contributed by atoms with Crippen LogP contribution < -0.4 is 20.9 Å². The molecular formula is C12H22N6O. The van der Waals surface area contributed by atoms with Gasteiger partial charge in [0.15, 0.2) is 0 Å². The Balaban J connectivity index is 2.19. The number of anilines is 2. The van der Waals surface area contributed by atoms with Gasteiger partial charge in [-0.1, -0.05) is 20.8 Å². The summed E-state index contributed by atoms with van der Waals surface area (Å²) in [6, 6.07) is 0.326. The second-order valence-electron chi connectivity index (χ2n) is 5.09. The third-order valence-corrected chi connectivity index (χ3v) is 3.44. The van der Waals surface area contributed by atoms with Crippen LogP contribution in [0.25, 0.3) is 0 Å². The minimum atomic E-state index is 0.326. The van der Waals surface area contributed by atoms with Crippen molar-refractivity contribution in [2.24, 2.45) is 17.7 Å². The quantitative estimate of drug-likeness (QED) is 0.608. The first kappa shape index (κ1) is 13.8. The number of rotatable bonds is 5. The van der Waals surface area contributed by atoms with Crippen LogP contribution in [0.2, 0.25) is 0 Å². The minimum absolute atomic E-state index is 0.326. The molecule has 1 aromatic heterocycles. The fourth-order valence-corrected chi connectivity index (χ4v) is 2.10. The molecule has 1 aliphatic rings. The summed E-state index contributed by atoms with van der Waals surface area (Å²) in [6.07, 6.45) is 0.907. The van der Waals surface area contributed by atoms with Gasteiger partial charge in [0.1, 0.15) is 0 Å². The summed E-state index contributed by atoms with van der Waals surface area (Å²) < 4.78 is 5.47. The normalized spacial score (nSPS) is 22.6. The molecule has 19 heavy (non-hydrogen) atoms. The number of aromatic nitrogens is 3. The van der Waals surface area contributed by atoms with Crippen molar-refractivity contribution in [1.29, 1.82) is 0 Å². The summed E-state index contributed by atoms with van der Waals surface area (Å²) in [5.74, 6) is 7.62. The van der Waals surface area contributed by atoms with Crippen molar-refractivity contribution in [3.05, 3.63) is 0 Å². The Morgan fingerprint density at radius 3 is 2.53 bits per heavy atom. The van der Waals surface area contributed by atoms with Crippen LogP contribution in [0.3, 0.4) is 0 Å². The standard InChI is InChI=1S/C12H22N6O/c1-4-5-19-12-15-10(17-13)14-11(16-12)18-6-8(2)9(3)7-18/h8-9H,4-7,13H2,1-3H3,(H,14,15,16,17). The number of nitrogens with zero attached hydrogens (tertiary/aromatic N) is 4. The van der Waals surface area contributed by atoms with Gasteiger partial charge in [-0.25, -0.2) is 5.84 Å². The molecular weight excluding hydrogens is 244 g/mol. The molecule has 2 atom stereocenters. The summed E-state index contributed by atoms with van der Waals surface area (Å²) in [7, 11) is 0. The molecule has 106 valence electrons. The number of hydrogen-bond donors (Lipinski definition) is 2. The first-order valence-corrected chi connectivity index (χ1v) is 6.74. The molecule has 0 radical (unpaired) electrons. The van der Waals surface area contributed by atoms with Crippen LogP contribution in [0.5, 0.6) is 6.01 Å². The van der Waals surface area contributed by atoms with E-state index in [9.17, 15) is 0 Å². The van der Waals surface area contributed by atoms with Gasteiger partial charge in [0.25, 0.3) is 0 Å². The summed E-state index contributed by atoms with van der Waals surface area (Å²) in [6.45, 7) is 8.99. The first-order valence-electron chi connectivity index (χ1n) is 6.74. The third kappa shape index (κ3) is 3.23. The molecule has 0 bridgehead atoms. The summed E-state index contributed by atoms with van der Waals surface area (Å²) in [5, 5.41) is 0. The molecule has 1 fully saturated rings. The van der Waals surface area contributed by atoms with Crippen molar-refractivity contribution in [1.82, 2.24) is 15.0 Å². The number of hydrazine groups is 1. The molecule has 2 rings (SSSR count). The van der Waals surface area contributed by atoms with E-state index in [4.69, 9.17) is 10.6 Å². The lowest BCUT2D eigenvalue weighted by molar-refractivity contribution is 0.292. The number of nitrogens with one attached hydrogen (secondary N) is 1. The average Bonchev–Trinajstić information content (AvgIpc) is 2.76. The lowest BCUT2D eigenvalue weighted by Crippen LogP contribution is -2.24. The summed E-state index contributed by atoms with van der Waals surface area (Å²) in [4.78, 5) is 14.9. The zero-order valence-electron chi connectivity index (χ0n) is 11.8. The van der Waals surface area contributed by atoms with E-state index in [1.807, 2.05) is 6.92 Å². The average molecular weight is 266 g/mol. The Bertz CT molecular complexity index is 417. The third-order valence-electron chi connectivity index (χ3n) is 3.44. The topological polar surface area (TPSA) is 89.2 Å². The van der Waals surface area contributed by atoms with E-state index in [1.165, 1.54) is 0 Å². The zero-order chi connectivity index (χ0) is 13.8. The molecule has 7 nitrogen and oxygen atoms in total. The molecule has 0 amide bonds. The minimum Gasteiger partial charge on any atom is -0.463 e. The Hall–Kier alpha value is -1.63. The smallest absolute Gasteiger partial charge is 0.323 e. The van der Waals surface area contributed by atoms with Gasteiger partial charge in [-0.3, -0.25) is 5.43 Å². The molecule has 1 saturated heterocycles. The van der Waals surface area contributed by atoms with E-state index in [-0.39, 0.29) is 0 Å². The Morgan fingerprint density at radius 2 is 1.95 bits per heavy atom. The molecule has 2 heterocycles. The van der Waals surface area contributed by atoms with E-state index < -0.39 is 0 Å². The van der Waals surface area contributed by atoms with Crippen molar-refractivity contribution in [3.63, 3.8) is 0 Å². The first-order chi connectivity index (χ1) is 9.13. The van der Waals surface area contributed by atoms with Crippen LogP contribution in [0.4, 0.5) is 11.9 Å². The molecule has 3 N–H and O–H groups in total. The predicted octanol–water partition coefficient (Wildman–Crippen LogP) is 1.04. The lowest BCUT2D eigenvalue weighted by atomic mass is 10.0. The van der Waals surface area contributed by atoms with Crippen LogP contribution >= 0.6 is 0 Å². The largest absolute Gasteiger partial charge is 0.463 e. The Kier molecular flexibility index (Phi) is 4.36. The maximum absolute atomic E-state index is 5.47. The fraction of sp³-hybridized carbons (Fsp3) is 0.750. The highest BCUT2D eigenvalue weighted by Crippen LogP contribution is 2.26. The van der Waals surface area contributed by atoms with Crippen molar-refractivity contribution < 1.29 is 4.74 Å². The van der Waals surface area contributed by atoms with Crippen LogP contribution in [0.1, 0.15) is 27.2 Å². The highest BCUT2D eigenvalue weighted by molar-refractivity contribution is 5.39. The van der Waals surface area contributed by atoms with Gasteiger partial charge in [-0.2, -0.15) is 15.0 Å². The molecule has 0 aliphatic carbocycles. The number of ether oxygens (including phenoxy) is 1. The van der Waals surface area contributed by atoms with Crippen LogP contribution in [0, 0.1) is 11.8 Å². The van der Waals surface area contributed by atoms with Gasteiger partial charge in [-0.05, 0) is 18.3 Å². The van der Waals surface area contributed by atoms with Crippen LogP contribution in [-0.2, 0) is 0 Å². The van der Waals surface area contributed by atoms with E-state index in [1.54, 1.807) is 0 Å². The maximum Gasteiger partial charge on any atom is 0.323 e. The summed E-state index contributed by atoms with van der Waals surface area (Å²) >= 11 is 0. The van der Waals surface area contributed by atoms with Crippen molar-refractivity contribution in [3.8, 4) is 6.01 Å². The SMILES string of the molecule is CCCOc1nc(NN)nc(N2CC(C)C(C)C2)n1. The van der Waals surface area contributed by atoms with E-state index in [0.29, 0.717) is 36.3 Å². The Labute approximate surface area is 113 Å². The van der Waals surface area contributed by atoms with Crippen molar-refractivity contribution in [2.75, 3.05) is 30.0 Å². The van der Waals surface area contributed by atoms with Gasteiger partial charge in [-0.15, -0.1) is 0 Å². The van der Waals surface area contributed by atoms with Crippen molar-refractivity contribution in [2.45, 2.75) is 27.2 Å². The van der Waals surface area contributed by atoms with Crippen LogP contribution in [-0.4, -0.2) is 34.6 Å². The van der Waals surface area contributed by atoms with E-state index >= 15 is 0 Å². The number of hydrogen-bond acceptors (Lipinski definition) is 7. The highest BCUT2D eigenvalue weighted by Gasteiger charge is 2.28. The van der Waals surface area contributed by atoms with Gasteiger partial charge >= 0.3 is 6.01 Å². The fourth-order valence-electron chi connectivity index (χ4n) is 2.10. The second kappa shape index (κ2) is 6.01. The second-order valence-corrected chi connectivity index (χ2v) is 5.09. The Morgan fingerprint density at radius 1 is 1.26 bits per heavy atom. The van der Waals surface area contributed by atoms with Crippen LogP contribution in [0.15, 0.2) is 0 Å². The molecule has 1 aliphatic heterocycles. The van der Waals surface area contributed by atoms with Crippen molar-refractivity contribution >= 4 is 11.9 Å². The van der Waals surface area contributed by atoms with E-state index in [2.05, 4.69) is 39.1 Å². The monoisotopic (exact) mass is 266 g/mol. The molecule has 7 heteroatoms. The molecule has 2 unspecified atom stereocenters. The van der Waals surface area contributed by atoms with Gasteiger partial charge in [0.2, 0.25) is 11.9 Å². The van der Waals surface area contributed by atoms with E-state index in [0.717, 1.165) is 19.5 Å². The molecule has 0 spiro atoms. The molecule has 1 aromatic rings. The van der Waals surface area contributed by atoms with Gasteiger partial charge in [0, 0.05) is 13.1 Å². The summed E-state index contributed by atoms with van der Waals surface area (Å²) in [5.41, 5.74) is 2.46. The number of nitrogens with two attached hydrogens (primary N) is 1. The molecule has 0 aromatic carbocycles. The predicted molar refractivity (Wildman–Crippen MR) is 74.0 cm³/mol. The maximum atomic E-state index is 5.47.